The molecule has 0 saturated carbocycles. The lowest BCUT2D eigenvalue weighted by molar-refractivity contribution is 1.47. The Balaban J connectivity index is 2.94. The molecule has 2 aromatic rings. The van der Waals surface area contributed by atoms with Crippen LogP contribution in [-0.2, 0) is 0 Å². The van der Waals surface area contributed by atoms with Gasteiger partial charge in [-0.25, -0.2) is 0 Å². The molecule has 0 aliphatic heterocycles. The second kappa shape index (κ2) is 3.45. The van der Waals surface area contributed by atoms with Gasteiger partial charge in [-0.1, -0.05) is 47.5 Å². The van der Waals surface area contributed by atoms with Gasteiger partial charge in [0.1, 0.15) is 0 Å². The molecule has 0 bridgehead atoms. The molecule has 0 aromatic heterocycles. The fraction of sp³-hybridized carbons (Fsp3) is 0.167. The standard InChI is InChI=1S/C12H10Cl2/c1-7-3-5-10-9(11(7)13)6-4-8(2)12(10)14/h3-6H,1-2H3. The molecule has 2 rings (SSSR count). The van der Waals surface area contributed by atoms with Crippen LogP contribution in [-0.4, -0.2) is 0 Å². The van der Waals surface area contributed by atoms with Crippen LogP contribution in [0.25, 0.3) is 10.8 Å². The topological polar surface area (TPSA) is 0 Å². The Kier molecular flexibility index (Phi) is 2.42. The molecule has 0 radical (unpaired) electrons. The summed E-state index contributed by atoms with van der Waals surface area (Å²) in [5, 5.41) is 3.65. The minimum Gasteiger partial charge on any atom is -0.0834 e. The van der Waals surface area contributed by atoms with E-state index in [1.165, 1.54) is 0 Å². The molecule has 14 heavy (non-hydrogen) atoms. The van der Waals surface area contributed by atoms with Crippen LogP contribution in [0, 0.1) is 13.8 Å². The van der Waals surface area contributed by atoms with E-state index >= 15 is 0 Å². The maximum absolute atomic E-state index is 6.19. The van der Waals surface area contributed by atoms with Gasteiger partial charge in [0.25, 0.3) is 0 Å². The zero-order valence-electron chi connectivity index (χ0n) is 8.07. The SMILES string of the molecule is Cc1ccc2c(Cl)c(C)ccc2c1Cl. The zero-order chi connectivity index (χ0) is 10.3. The summed E-state index contributed by atoms with van der Waals surface area (Å²) in [5.74, 6) is 0. The minimum atomic E-state index is 0.796. The van der Waals surface area contributed by atoms with E-state index in [1.54, 1.807) is 0 Å². The highest BCUT2D eigenvalue weighted by Crippen LogP contribution is 2.33. The molecule has 0 fully saturated rings. The van der Waals surface area contributed by atoms with E-state index in [4.69, 9.17) is 23.2 Å². The number of aryl methyl sites for hydroxylation is 2. The molecule has 0 amide bonds. The summed E-state index contributed by atoms with van der Waals surface area (Å²) in [4.78, 5) is 0. The predicted molar refractivity (Wildman–Crippen MR) is 63.4 cm³/mol. The van der Waals surface area contributed by atoms with E-state index in [9.17, 15) is 0 Å². The molecular formula is C12H10Cl2. The molecule has 2 heteroatoms. The van der Waals surface area contributed by atoms with E-state index in [1.807, 2.05) is 38.1 Å². The summed E-state index contributed by atoms with van der Waals surface area (Å²) in [7, 11) is 0. The third-order valence-electron chi connectivity index (χ3n) is 2.46. The second-order valence-electron chi connectivity index (χ2n) is 3.49. The normalized spacial score (nSPS) is 10.9. The number of halogens is 2. The fourth-order valence-electron chi connectivity index (χ4n) is 1.55. The van der Waals surface area contributed by atoms with Crippen molar-refractivity contribution in [3.8, 4) is 0 Å². The van der Waals surface area contributed by atoms with Crippen LogP contribution in [0.3, 0.4) is 0 Å². The first-order chi connectivity index (χ1) is 6.61. The predicted octanol–water partition coefficient (Wildman–Crippen LogP) is 4.76. The van der Waals surface area contributed by atoms with Gasteiger partial charge < -0.3 is 0 Å². The van der Waals surface area contributed by atoms with Crippen LogP contribution in [0.2, 0.25) is 10.0 Å². The largest absolute Gasteiger partial charge is 0.0834 e. The third-order valence-corrected chi connectivity index (χ3v) is 3.46. The Morgan fingerprint density at radius 3 is 1.43 bits per heavy atom. The summed E-state index contributed by atoms with van der Waals surface area (Å²) in [6.07, 6.45) is 0. The van der Waals surface area contributed by atoms with Crippen LogP contribution in [0.5, 0.6) is 0 Å². The van der Waals surface area contributed by atoms with E-state index in [-0.39, 0.29) is 0 Å². The quantitative estimate of drug-likeness (QED) is 0.606. The number of hydrogen-bond donors (Lipinski definition) is 0. The molecule has 0 saturated heterocycles. The Hall–Kier alpha value is -0.720. The molecule has 0 spiro atoms. The molecular weight excluding hydrogens is 215 g/mol. The van der Waals surface area contributed by atoms with Gasteiger partial charge in [0, 0.05) is 10.8 Å². The van der Waals surface area contributed by atoms with Gasteiger partial charge in [-0.3, -0.25) is 0 Å². The Morgan fingerprint density at radius 1 is 0.714 bits per heavy atom. The number of benzene rings is 2. The van der Waals surface area contributed by atoms with Gasteiger partial charge >= 0.3 is 0 Å². The highest BCUT2D eigenvalue weighted by atomic mass is 35.5. The fourth-order valence-corrected chi connectivity index (χ4v) is 2.01. The highest BCUT2D eigenvalue weighted by molar-refractivity contribution is 6.40. The van der Waals surface area contributed by atoms with Crippen molar-refractivity contribution >= 4 is 34.0 Å². The highest BCUT2D eigenvalue weighted by Gasteiger charge is 2.06. The summed E-state index contributed by atoms with van der Waals surface area (Å²) in [6, 6.07) is 8.03. The first kappa shape index (κ1) is 9.82. The smallest absolute Gasteiger partial charge is 0.0514 e. The van der Waals surface area contributed by atoms with Crippen LogP contribution >= 0.6 is 23.2 Å². The lowest BCUT2D eigenvalue weighted by Gasteiger charge is -2.07. The van der Waals surface area contributed by atoms with Crippen LogP contribution < -0.4 is 0 Å². The van der Waals surface area contributed by atoms with Gasteiger partial charge in [0.05, 0.1) is 10.0 Å². The van der Waals surface area contributed by atoms with Crippen molar-refractivity contribution in [1.82, 2.24) is 0 Å². The van der Waals surface area contributed by atoms with Gasteiger partial charge in [0.15, 0.2) is 0 Å². The third kappa shape index (κ3) is 1.39. The van der Waals surface area contributed by atoms with Gasteiger partial charge in [-0.15, -0.1) is 0 Å². The van der Waals surface area contributed by atoms with Gasteiger partial charge in [-0.2, -0.15) is 0 Å². The number of fused-ring (bicyclic) bond motifs is 1. The molecule has 0 nitrogen and oxygen atoms in total. The molecule has 0 heterocycles. The summed E-state index contributed by atoms with van der Waals surface area (Å²) < 4.78 is 0. The molecule has 0 N–H and O–H groups in total. The van der Waals surface area contributed by atoms with E-state index < -0.39 is 0 Å². The van der Waals surface area contributed by atoms with Crippen molar-refractivity contribution in [3.63, 3.8) is 0 Å². The van der Waals surface area contributed by atoms with Gasteiger partial charge in [-0.05, 0) is 25.0 Å². The average molecular weight is 225 g/mol. The van der Waals surface area contributed by atoms with Crippen molar-refractivity contribution in [1.29, 1.82) is 0 Å². The summed E-state index contributed by atoms with van der Waals surface area (Å²) in [5.41, 5.74) is 2.16. The molecule has 2 aromatic carbocycles. The van der Waals surface area contributed by atoms with Crippen LogP contribution in [0.15, 0.2) is 24.3 Å². The van der Waals surface area contributed by atoms with Crippen molar-refractivity contribution in [2.75, 3.05) is 0 Å². The average Bonchev–Trinajstić information content (AvgIpc) is 2.17. The lowest BCUT2D eigenvalue weighted by Crippen LogP contribution is -1.82. The van der Waals surface area contributed by atoms with Crippen molar-refractivity contribution < 1.29 is 0 Å². The Morgan fingerprint density at radius 2 is 1.07 bits per heavy atom. The maximum Gasteiger partial charge on any atom is 0.0514 e. The van der Waals surface area contributed by atoms with E-state index in [0.29, 0.717) is 0 Å². The van der Waals surface area contributed by atoms with E-state index in [2.05, 4.69) is 0 Å². The molecule has 72 valence electrons. The first-order valence-corrected chi connectivity index (χ1v) is 5.21. The molecule has 0 unspecified atom stereocenters. The van der Waals surface area contributed by atoms with E-state index in [0.717, 1.165) is 31.9 Å². The maximum atomic E-state index is 6.19. The van der Waals surface area contributed by atoms with Crippen molar-refractivity contribution in [2.24, 2.45) is 0 Å². The number of hydrogen-bond acceptors (Lipinski definition) is 0. The Labute approximate surface area is 93.4 Å². The second-order valence-corrected chi connectivity index (χ2v) is 4.24. The summed E-state index contributed by atoms with van der Waals surface area (Å²) >= 11 is 12.4. The summed E-state index contributed by atoms with van der Waals surface area (Å²) in [6.45, 7) is 3.99. The Bertz CT molecular complexity index is 454. The van der Waals surface area contributed by atoms with Crippen molar-refractivity contribution in [3.05, 3.63) is 45.4 Å². The molecule has 0 aliphatic carbocycles. The van der Waals surface area contributed by atoms with Crippen LogP contribution in [0.4, 0.5) is 0 Å². The van der Waals surface area contributed by atoms with Gasteiger partial charge in [0.2, 0.25) is 0 Å². The van der Waals surface area contributed by atoms with Crippen molar-refractivity contribution in [2.45, 2.75) is 13.8 Å². The lowest BCUT2D eigenvalue weighted by atomic mass is 10.1. The first-order valence-electron chi connectivity index (χ1n) is 4.45. The monoisotopic (exact) mass is 224 g/mol. The zero-order valence-corrected chi connectivity index (χ0v) is 9.58. The molecule has 0 atom stereocenters. The number of rotatable bonds is 0. The minimum absolute atomic E-state index is 0.796. The molecule has 0 aliphatic rings. The van der Waals surface area contributed by atoms with Crippen LogP contribution in [0.1, 0.15) is 11.1 Å².